The minimum absolute atomic E-state index is 0.171. The Labute approximate surface area is 188 Å². The molecule has 5 heteroatoms. The fourth-order valence-electron chi connectivity index (χ4n) is 3.81. The molecule has 0 aliphatic rings. The van der Waals surface area contributed by atoms with Crippen molar-refractivity contribution in [3.63, 3.8) is 0 Å². The lowest BCUT2D eigenvalue weighted by molar-refractivity contribution is -0.122. The molecule has 0 saturated heterocycles. The summed E-state index contributed by atoms with van der Waals surface area (Å²) in [6.45, 7) is 1.35. The average Bonchev–Trinajstić information content (AvgIpc) is 3.25. The van der Waals surface area contributed by atoms with Crippen LogP contribution in [0.2, 0.25) is 0 Å². The highest BCUT2D eigenvalue weighted by Crippen LogP contribution is 2.15. The number of rotatable bonds is 9. The number of benzene rings is 3. The zero-order valence-corrected chi connectivity index (χ0v) is 17.9. The Bertz CT molecular complexity index is 1170. The molecule has 4 aromatic rings. The lowest BCUT2D eigenvalue weighted by atomic mass is 10.0. The smallest absolute Gasteiger partial charge is 0.251 e. The van der Waals surface area contributed by atoms with Gasteiger partial charge in [0.15, 0.2) is 0 Å². The number of nitrogens with one attached hydrogen (secondary N) is 2. The molecule has 3 aromatic carbocycles. The first-order valence-electron chi connectivity index (χ1n) is 10.9. The van der Waals surface area contributed by atoms with Gasteiger partial charge >= 0.3 is 0 Å². The van der Waals surface area contributed by atoms with Gasteiger partial charge in [0, 0.05) is 36.8 Å². The van der Waals surface area contributed by atoms with Gasteiger partial charge in [-0.15, -0.1) is 0 Å². The van der Waals surface area contributed by atoms with Crippen molar-refractivity contribution in [2.45, 2.75) is 25.4 Å². The van der Waals surface area contributed by atoms with Gasteiger partial charge in [-0.2, -0.15) is 0 Å². The van der Waals surface area contributed by atoms with E-state index < -0.39 is 6.04 Å². The summed E-state index contributed by atoms with van der Waals surface area (Å²) in [5.74, 6) is -0.420. The molecule has 0 spiro atoms. The normalized spacial score (nSPS) is 11.8. The van der Waals surface area contributed by atoms with Crippen LogP contribution in [0.15, 0.2) is 97.2 Å². The highest BCUT2D eigenvalue weighted by atomic mass is 16.2. The number of amides is 2. The predicted molar refractivity (Wildman–Crippen MR) is 127 cm³/mol. The summed E-state index contributed by atoms with van der Waals surface area (Å²) in [6.07, 6.45) is 3.31. The van der Waals surface area contributed by atoms with Crippen molar-refractivity contribution in [3.8, 4) is 0 Å². The number of nitrogens with zero attached hydrogens (tertiary/aromatic N) is 1. The van der Waals surface area contributed by atoms with E-state index in [1.807, 2.05) is 60.7 Å². The van der Waals surface area contributed by atoms with Gasteiger partial charge in [0.2, 0.25) is 5.91 Å². The van der Waals surface area contributed by atoms with Crippen molar-refractivity contribution < 1.29 is 9.59 Å². The number of aromatic nitrogens is 1. The Morgan fingerprint density at radius 2 is 1.50 bits per heavy atom. The lowest BCUT2D eigenvalue weighted by Gasteiger charge is -2.19. The monoisotopic (exact) mass is 425 g/mol. The van der Waals surface area contributed by atoms with Gasteiger partial charge in [0.05, 0.1) is 0 Å². The zero-order valence-electron chi connectivity index (χ0n) is 17.9. The molecule has 1 atom stereocenters. The molecule has 5 nitrogen and oxygen atoms in total. The van der Waals surface area contributed by atoms with E-state index in [9.17, 15) is 9.59 Å². The Morgan fingerprint density at radius 3 is 2.28 bits per heavy atom. The molecular weight excluding hydrogens is 398 g/mol. The van der Waals surface area contributed by atoms with E-state index in [1.165, 1.54) is 10.9 Å². The minimum Gasteiger partial charge on any atom is -0.354 e. The van der Waals surface area contributed by atoms with E-state index in [1.54, 1.807) is 12.1 Å². The van der Waals surface area contributed by atoms with Gasteiger partial charge < -0.3 is 15.2 Å². The van der Waals surface area contributed by atoms with E-state index >= 15 is 0 Å². The van der Waals surface area contributed by atoms with Crippen LogP contribution in [0.4, 0.5) is 0 Å². The van der Waals surface area contributed by atoms with Crippen molar-refractivity contribution in [3.05, 3.63) is 108 Å². The standard InChI is InChI=1S/C27H27N3O2/c31-26(23-13-5-2-6-14-23)29-24(20-21-10-3-1-4-11-21)27(32)28-17-9-18-30-19-16-22-12-7-8-15-25(22)30/h1-8,10-16,19,24H,9,17-18,20H2,(H,28,32)(H,29,31)/t24-/m0/s1. The van der Waals surface area contributed by atoms with Gasteiger partial charge in [-0.1, -0.05) is 66.7 Å². The molecule has 0 unspecified atom stereocenters. The van der Waals surface area contributed by atoms with E-state index in [4.69, 9.17) is 0 Å². The van der Waals surface area contributed by atoms with Gasteiger partial charge in [0.1, 0.15) is 6.04 Å². The van der Waals surface area contributed by atoms with Gasteiger partial charge in [0.25, 0.3) is 5.91 Å². The predicted octanol–water partition coefficient (Wildman–Crippen LogP) is 4.19. The molecule has 0 radical (unpaired) electrons. The van der Waals surface area contributed by atoms with Crippen molar-refractivity contribution in [2.24, 2.45) is 0 Å². The van der Waals surface area contributed by atoms with E-state index in [0.717, 1.165) is 18.5 Å². The third kappa shape index (κ3) is 5.43. The average molecular weight is 426 g/mol. The van der Waals surface area contributed by atoms with Crippen molar-refractivity contribution in [2.75, 3.05) is 6.54 Å². The molecule has 0 bridgehead atoms. The molecule has 2 N–H and O–H groups in total. The first kappa shape index (κ1) is 21.4. The maximum Gasteiger partial charge on any atom is 0.251 e. The number of hydrogen-bond donors (Lipinski definition) is 2. The summed E-state index contributed by atoms with van der Waals surface area (Å²) in [5.41, 5.74) is 2.73. The molecule has 32 heavy (non-hydrogen) atoms. The highest BCUT2D eigenvalue weighted by Gasteiger charge is 2.21. The Morgan fingerprint density at radius 1 is 0.812 bits per heavy atom. The SMILES string of the molecule is O=C(N[C@@H](Cc1ccccc1)C(=O)NCCCn1ccc2ccccc21)c1ccccc1. The number of carbonyl (C=O) groups is 2. The van der Waals surface area contributed by atoms with Crippen molar-refractivity contribution in [1.29, 1.82) is 0 Å². The minimum atomic E-state index is -0.641. The zero-order chi connectivity index (χ0) is 22.2. The third-order valence-corrected chi connectivity index (χ3v) is 5.50. The molecule has 0 fully saturated rings. The summed E-state index contributed by atoms with van der Waals surface area (Å²) in [4.78, 5) is 25.6. The first-order chi connectivity index (χ1) is 15.7. The number of aryl methyl sites for hydroxylation is 1. The van der Waals surface area contributed by atoms with Crippen molar-refractivity contribution >= 4 is 22.7 Å². The van der Waals surface area contributed by atoms with Crippen LogP contribution in [0.3, 0.4) is 0 Å². The quantitative estimate of drug-likeness (QED) is 0.395. The highest BCUT2D eigenvalue weighted by molar-refractivity contribution is 5.97. The molecular formula is C27H27N3O2. The van der Waals surface area contributed by atoms with Crippen LogP contribution in [-0.2, 0) is 17.8 Å². The number of para-hydroxylation sites is 1. The van der Waals surface area contributed by atoms with Gasteiger partial charge in [-0.05, 0) is 41.6 Å². The third-order valence-electron chi connectivity index (χ3n) is 5.50. The van der Waals surface area contributed by atoms with Crippen LogP contribution in [0.25, 0.3) is 10.9 Å². The molecule has 1 aromatic heterocycles. The van der Waals surface area contributed by atoms with Crippen LogP contribution in [0.1, 0.15) is 22.3 Å². The summed E-state index contributed by atoms with van der Waals surface area (Å²) >= 11 is 0. The molecule has 0 saturated carbocycles. The Kier molecular flexibility index (Phi) is 6.98. The van der Waals surface area contributed by atoms with Crippen LogP contribution < -0.4 is 10.6 Å². The Balaban J connectivity index is 1.36. The molecule has 0 aliphatic heterocycles. The maximum atomic E-state index is 13.0. The molecule has 2 amide bonds. The topological polar surface area (TPSA) is 63.1 Å². The van der Waals surface area contributed by atoms with Gasteiger partial charge in [-0.3, -0.25) is 9.59 Å². The molecule has 4 rings (SSSR count). The molecule has 162 valence electrons. The summed E-state index contributed by atoms with van der Waals surface area (Å²) < 4.78 is 2.19. The summed E-state index contributed by atoms with van der Waals surface area (Å²) in [5, 5.41) is 7.12. The van der Waals surface area contributed by atoms with E-state index in [2.05, 4.69) is 39.6 Å². The summed E-state index contributed by atoms with van der Waals surface area (Å²) in [7, 11) is 0. The second-order valence-electron chi connectivity index (χ2n) is 7.79. The fraction of sp³-hybridized carbons (Fsp3) is 0.185. The van der Waals surface area contributed by atoms with Crippen LogP contribution in [0, 0.1) is 0 Å². The van der Waals surface area contributed by atoms with Crippen LogP contribution in [-0.4, -0.2) is 29.0 Å². The first-order valence-corrected chi connectivity index (χ1v) is 10.9. The maximum absolute atomic E-state index is 13.0. The van der Waals surface area contributed by atoms with Crippen molar-refractivity contribution in [1.82, 2.24) is 15.2 Å². The van der Waals surface area contributed by atoms with Crippen LogP contribution >= 0.6 is 0 Å². The van der Waals surface area contributed by atoms with E-state index in [-0.39, 0.29) is 11.8 Å². The van der Waals surface area contributed by atoms with Gasteiger partial charge in [-0.25, -0.2) is 0 Å². The second-order valence-corrected chi connectivity index (χ2v) is 7.79. The molecule has 0 aliphatic carbocycles. The summed E-state index contributed by atoms with van der Waals surface area (Å²) in [6, 6.07) is 28.4. The van der Waals surface area contributed by atoms with E-state index in [0.29, 0.717) is 18.5 Å². The Hall–Kier alpha value is -3.86. The fourth-order valence-corrected chi connectivity index (χ4v) is 3.81. The number of carbonyl (C=O) groups excluding carboxylic acids is 2. The largest absolute Gasteiger partial charge is 0.354 e. The molecule has 1 heterocycles. The van der Waals surface area contributed by atoms with Crippen LogP contribution in [0.5, 0.6) is 0 Å². The number of hydrogen-bond acceptors (Lipinski definition) is 2. The second kappa shape index (κ2) is 10.4. The number of fused-ring (bicyclic) bond motifs is 1. The lowest BCUT2D eigenvalue weighted by Crippen LogP contribution is -2.48.